The van der Waals surface area contributed by atoms with Gasteiger partial charge in [-0.05, 0) is 65.8 Å². The predicted molar refractivity (Wildman–Crippen MR) is 167 cm³/mol. The molecule has 4 heteroatoms. The van der Waals surface area contributed by atoms with Crippen LogP contribution >= 0.6 is 0 Å². The van der Waals surface area contributed by atoms with E-state index in [1.165, 1.54) is 27.4 Å². The number of nitrogens with one attached hydrogen (secondary N) is 1. The summed E-state index contributed by atoms with van der Waals surface area (Å²) in [5.74, 6) is 0. The molecule has 0 fully saturated rings. The number of rotatable bonds is 4. The topological polar surface area (TPSA) is 46.5 Å². The van der Waals surface area contributed by atoms with Crippen molar-refractivity contribution in [2.24, 2.45) is 10.8 Å². The molecule has 0 unspecified atom stereocenters. The molecule has 0 saturated heterocycles. The summed E-state index contributed by atoms with van der Waals surface area (Å²) in [5, 5.41) is 10.1. The third kappa shape index (κ3) is 3.89. The smallest absolute Gasteiger partial charge is 0.0924 e. The first-order valence-corrected chi connectivity index (χ1v) is 14.1. The summed E-state index contributed by atoms with van der Waals surface area (Å²) >= 11 is 0. The lowest BCUT2D eigenvalue weighted by molar-refractivity contribution is 0.0865. The van der Waals surface area contributed by atoms with Gasteiger partial charge in [0.25, 0.3) is 0 Å². The molecule has 0 saturated carbocycles. The van der Waals surface area contributed by atoms with E-state index in [2.05, 4.69) is 141 Å². The number of aryl methyl sites for hydroxylation is 1. The summed E-state index contributed by atoms with van der Waals surface area (Å²) < 4.78 is 2.41. The lowest BCUT2D eigenvalue weighted by Crippen LogP contribution is -2.51. The Hall–Kier alpha value is -4.18. The van der Waals surface area contributed by atoms with Crippen LogP contribution in [0, 0.1) is 17.8 Å². The molecule has 202 valence electrons. The number of fused-ring (bicyclic) bond motifs is 3. The highest BCUT2D eigenvalue weighted by Crippen LogP contribution is 2.57. The van der Waals surface area contributed by atoms with E-state index >= 15 is 0 Å². The van der Waals surface area contributed by atoms with E-state index in [1.807, 2.05) is 19.2 Å². The van der Waals surface area contributed by atoms with Gasteiger partial charge >= 0.3 is 0 Å². The Morgan fingerprint density at radius 2 is 1.40 bits per heavy atom. The summed E-state index contributed by atoms with van der Waals surface area (Å²) in [7, 11) is 0. The second kappa shape index (κ2) is 9.19. The number of hydrogen-bond donors (Lipinski definition) is 1. The number of H-pyrrole nitrogens is 1. The fraction of sp³-hybridized carbons (Fsp3) is 0.278. The van der Waals surface area contributed by atoms with Gasteiger partial charge in [-0.1, -0.05) is 90.1 Å². The quantitative estimate of drug-likeness (QED) is 0.249. The zero-order valence-corrected chi connectivity index (χ0v) is 24.6. The summed E-state index contributed by atoms with van der Waals surface area (Å²) in [5.41, 5.74) is 8.45. The first kappa shape index (κ1) is 26.1. The number of pyridine rings is 1. The van der Waals surface area contributed by atoms with Gasteiger partial charge in [0.2, 0.25) is 0 Å². The lowest BCUT2D eigenvalue weighted by atomic mass is 9.49. The van der Waals surface area contributed by atoms with Crippen LogP contribution in [0.2, 0.25) is 0 Å². The van der Waals surface area contributed by atoms with E-state index in [4.69, 9.17) is 4.98 Å². The Balaban J connectivity index is 1.66. The van der Waals surface area contributed by atoms with Crippen LogP contribution in [0.25, 0.3) is 38.8 Å². The molecule has 3 heterocycles. The Kier molecular flexibility index (Phi) is 5.99. The van der Waals surface area contributed by atoms with Crippen LogP contribution in [0.15, 0.2) is 97.2 Å². The van der Waals surface area contributed by atoms with Gasteiger partial charge in [0.1, 0.15) is 0 Å². The zero-order chi connectivity index (χ0) is 28.3. The molecule has 0 radical (unpaired) electrons. The number of benzene rings is 3. The van der Waals surface area contributed by atoms with Gasteiger partial charge in [-0.25, -0.2) is 0 Å². The van der Waals surface area contributed by atoms with Crippen molar-refractivity contribution in [2.45, 2.75) is 53.9 Å². The highest BCUT2D eigenvalue weighted by Gasteiger charge is 2.54. The van der Waals surface area contributed by atoms with Crippen LogP contribution < -0.4 is 0 Å². The highest BCUT2D eigenvalue weighted by molar-refractivity contribution is 6.10. The van der Waals surface area contributed by atoms with E-state index < -0.39 is 0 Å². The van der Waals surface area contributed by atoms with Crippen molar-refractivity contribution in [2.75, 3.05) is 0 Å². The van der Waals surface area contributed by atoms with Gasteiger partial charge in [0.15, 0.2) is 0 Å². The van der Waals surface area contributed by atoms with Crippen molar-refractivity contribution < 1.29 is 0 Å². The van der Waals surface area contributed by atoms with E-state index in [0.29, 0.717) is 0 Å². The van der Waals surface area contributed by atoms with Crippen LogP contribution in [0.5, 0.6) is 0 Å². The summed E-state index contributed by atoms with van der Waals surface area (Å²) in [4.78, 5) is 4.98. The average molecular weight is 527 g/mol. The molecule has 3 aromatic heterocycles. The number of hydrogen-bond acceptors (Lipinski definition) is 2. The predicted octanol–water partition coefficient (Wildman–Crippen LogP) is 9.26. The molecule has 40 heavy (non-hydrogen) atoms. The summed E-state index contributed by atoms with van der Waals surface area (Å²) in [6.45, 7) is 16.1. The first-order chi connectivity index (χ1) is 19.0. The minimum Gasteiger partial charge on any atom is -0.309 e. The van der Waals surface area contributed by atoms with E-state index in [-0.39, 0.29) is 16.2 Å². The molecular formula is C36H38N4. The highest BCUT2D eigenvalue weighted by atomic mass is 15.1. The van der Waals surface area contributed by atoms with Crippen LogP contribution in [-0.4, -0.2) is 19.7 Å². The molecule has 0 spiro atoms. The number of para-hydroxylation sites is 1. The minimum absolute atomic E-state index is 0.107. The van der Waals surface area contributed by atoms with Crippen LogP contribution in [0.3, 0.4) is 0 Å². The molecule has 0 aliphatic heterocycles. The van der Waals surface area contributed by atoms with E-state index in [9.17, 15) is 0 Å². The van der Waals surface area contributed by atoms with Crippen molar-refractivity contribution in [1.82, 2.24) is 19.7 Å². The summed E-state index contributed by atoms with van der Waals surface area (Å²) in [6, 6.07) is 32.9. The maximum atomic E-state index is 4.98. The molecule has 0 amide bonds. The monoisotopic (exact) mass is 526 g/mol. The SMILES string of the molecule is Cc1cc(-c2ccc3c4ccccc4n(-c4cccc(C(c5ccccn5)(C(C)(C)C)C(C)(C)C)c4)c3c2)n[nH]1. The van der Waals surface area contributed by atoms with Crippen molar-refractivity contribution in [1.29, 1.82) is 0 Å². The Morgan fingerprint density at radius 3 is 2.08 bits per heavy atom. The molecule has 3 aromatic carbocycles. The maximum Gasteiger partial charge on any atom is 0.0924 e. The van der Waals surface area contributed by atoms with Gasteiger partial charge in [-0.3, -0.25) is 10.1 Å². The lowest BCUT2D eigenvalue weighted by Gasteiger charge is -2.54. The molecule has 0 aliphatic rings. The number of nitrogens with zero attached hydrogens (tertiary/aromatic N) is 3. The average Bonchev–Trinajstić information content (AvgIpc) is 3.49. The normalized spacial score (nSPS) is 12.9. The minimum atomic E-state index is -0.340. The zero-order valence-electron chi connectivity index (χ0n) is 24.6. The Bertz CT molecular complexity index is 1810. The molecule has 0 aliphatic carbocycles. The molecule has 0 atom stereocenters. The Morgan fingerprint density at radius 1 is 0.675 bits per heavy atom. The van der Waals surface area contributed by atoms with E-state index in [0.717, 1.165) is 28.3 Å². The standard InChI is InChI=1S/C36H38N4/c1-24-21-30(39-38-24)25-18-19-29-28-15-8-9-16-31(28)40(32(29)22-25)27-14-12-13-26(23-27)36(34(2,3)4,35(5,6)7)33-17-10-11-20-37-33/h8-23H,1-7H3,(H,38,39). The maximum absolute atomic E-state index is 4.98. The van der Waals surface area contributed by atoms with Crippen molar-refractivity contribution in [3.05, 3.63) is 114 Å². The fourth-order valence-electron chi connectivity index (χ4n) is 7.34. The molecule has 0 bridgehead atoms. The first-order valence-electron chi connectivity index (χ1n) is 14.1. The molecule has 4 nitrogen and oxygen atoms in total. The van der Waals surface area contributed by atoms with Crippen molar-refractivity contribution in [3.8, 4) is 16.9 Å². The third-order valence-electron chi connectivity index (χ3n) is 8.51. The third-order valence-corrected chi connectivity index (χ3v) is 8.51. The van der Waals surface area contributed by atoms with Crippen LogP contribution in [0.4, 0.5) is 0 Å². The van der Waals surface area contributed by atoms with Gasteiger partial charge < -0.3 is 4.57 Å². The Labute approximate surface area is 237 Å². The fourth-order valence-corrected chi connectivity index (χ4v) is 7.34. The summed E-state index contributed by atoms with van der Waals surface area (Å²) in [6.07, 6.45) is 1.93. The second-order valence-corrected chi connectivity index (χ2v) is 13.0. The molecule has 6 rings (SSSR count). The van der Waals surface area contributed by atoms with Gasteiger partial charge in [0.05, 0.1) is 22.4 Å². The van der Waals surface area contributed by atoms with Gasteiger partial charge in [-0.2, -0.15) is 5.10 Å². The molecular weight excluding hydrogens is 488 g/mol. The number of aromatic amines is 1. The molecule has 6 aromatic rings. The number of aromatic nitrogens is 4. The van der Waals surface area contributed by atoms with Crippen LogP contribution in [0.1, 0.15) is 58.5 Å². The molecule has 1 N–H and O–H groups in total. The second-order valence-electron chi connectivity index (χ2n) is 13.0. The van der Waals surface area contributed by atoms with E-state index in [1.54, 1.807) is 0 Å². The van der Waals surface area contributed by atoms with Gasteiger partial charge in [-0.15, -0.1) is 0 Å². The van der Waals surface area contributed by atoms with Crippen LogP contribution in [-0.2, 0) is 5.41 Å². The van der Waals surface area contributed by atoms with Crippen molar-refractivity contribution in [3.63, 3.8) is 0 Å². The largest absolute Gasteiger partial charge is 0.309 e. The van der Waals surface area contributed by atoms with Gasteiger partial charge in [0, 0.05) is 39.3 Å². The van der Waals surface area contributed by atoms with Crippen molar-refractivity contribution >= 4 is 21.8 Å².